The lowest BCUT2D eigenvalue weighted by Crippen LogP contribution is -2.37. The predicted molar refractivity (Wildman–Crippen MR) is 118 cm³/mol. The summed E-state index contributed by atoms with van der Waals surface area (Å²) in [7, 11) is 0. The van der Waals surface area contributed by atoms with Gasteiger partial charge in [0.15, 0.2) is 5.82 Å². The highest BCUT2D eigenvalue weighted by Gasteiger charge is 2.41. The third-order valence-corrected chi connectivity index (χ3v) is 8.49. The summed E-state index contributed by atoms with van der Waals surface area (Å²) < 4.78 is 2.05. The first-order chi connectivity index (χ1) is 14.1. The first-order valence-corrected chi connectivity index (χ1v) is 12.1. The van der Waals surface area contributed by atoms with Gasteiger partial charge in [0.2, 0.25) is 0 Å². The minimum atomic E-state index is 0.189. The first-order valence-electron chi connectivity index (χ1n) is 11.1. The van der Waals surface area contributed by atoms with Crippen molar-refractivity contribution in [2.45, 2.75) is 70.2 Å². The van der Waals surface area contributed by atoms with Crippen LogP contribution in [0.25, 0.3) is 5.69 Å². The van der Waals surface area contributed by atoms with E-state index in [1.54, 1.807) is 0 Å². The molecule has 1 aromatic heterocycles. The number of fused-ring (bicyclic) bond motifs is 5. The lowest BCUT2D eigenvalue weighted by molar-refractivity contribution is 0.108. The van der Waals surface area contributed by atoms with Crippen LogP contribution in [0, 0.1) is 12.8 Å². The summed E-state index contributed by atoms with van der Waals surface area (Å²) in [4.78, 5) is 2.71. The molecule has 6 heteroatoms. The van der Waals surface area contributed by atoms with Crippen LogP contribution in [0.15, 0.2) is 29.8 Å². The number of nitrogens with zero attached hydrogens (tertiary/aromatic N) is 5. The average molecular weight is 410 g/mol. The lowest BCUT2D eigenvalue weighted by atomic mass is 9.89. The standard InChI is InChI=1S/C23H31N5S/c1-15(2)20-11-10-17(12-14-29-20)22-23-24-25-26-28(23)21-16(3)7-6-8-18(21)19-9-4-5-13-27(19)22/h6-8,12,15,19-20,22H,4-5,9-11,13-14H2,1-3H3/t19?,20-,22?/m1/s1. The van der Waals surface area contributed by atoms with Crippen molar-refractivity contribution in [3.8, 4) is 5.69 Å². The number of aromatic nitrogens is 4. The van der Waals surface area contributed by atoms with Gasteiger partial charge in [-0.3, -0.25) is 4.90 Å². The number of thioether (sulfide) groups is 1. The maximum Gasteiger partial charge on any atom is 0.178 e. The van der Waals surface area contributed by atoms with Crippen molar-refractivity contribution in [1.29, 1.82) is 0 Å². The molecule has 154 valence electrons. The first kappa shape index (κ1) is 19.3. The van der Waals surface area contributed by atoms with E-state index >= 15 is 0 Å². The van der Waals surface area contributed by atoms with Crippen molar-refractivity contribution < 1.29 is 0 Å². The Hall–Kier alpha value is -1.66. The summed E-state index contributed by atoms with van der Waals surface area (Å²) in [5.41, 5.74) is 5.38. The van der Waals surface area contributed by atoms with Gasteiger partial charge in [0.25, 0.3) is 0 Å². The highest BCUT2D eigenvalue weighted by Crippen LogP contribution is 2.47. The molecule has 3 aliphatic heterocycles. The highest BCUT2D eigenvalue weighted by atomic mass is 32.2. The van der Waals surface area contributed by atoms with E-state index in [2.05, 4.69) is 77.2 Å². The molecule has 0 amide bonds. The molecule has 3 atom stereocenters. The third kappa shape index (κ3) is 3.34. The van der Waals surface area contributed by atoms with Crippen molar-refractivity contribution >= 4 is 11.8 Å². The van der Waals surface area contributed by atoms with Crippen LogP contribution in [-0.2, 0) is 0 Å². The minimum absolute atomic E-state index is 0.189. The van der Waals surface area contributed by atoms with Crippen LogP contribution in [-0.4, -0.2) is 42.7 Å². The summed E-state index contributed by atoms with van der Waals surface area (Å²) in [6.07, 6.45) is 8.64. The van der Waals surface area contributed by atoms with Crippen molar-refractivity contribution in [3.05, 3.63) is 46.8 Å². The molecule has 0 saturated carbocycles. The van der Waals surface area contributed by atoms with Gasteiger partial charge in [-0.15, -0.1) is 5.10 Å². The minimum Gasteiger partial charge on any atom is -0.283 e. The Morgan fingerprint density at radius 1 is 1.17 bits per heavy atom. The van der Waals surface area contributed by atoms with Crippen LogP contribution < -0.4 is 0 Å². The van der Waals surface area contributed by atoms with Crippen molar-refractivity contribution in [1.82, 2.24) is 25.1 Å². The van der Waals surface area contributed by atoms with E-state index in [4.69, 9.17) is 0 Å². The molecule has 1 aromatic carbocycles. The zero-order chi connectivity index (χ0) is 20.0. The molecule has 0 spiro atoms. The molecule has 0 bridgehead atoms. The lowest BCUT2D eigenvalue weighted by Gasteiger charge is -2.40. The molecule has 29 heavy (non-hydrogen) atoms. The number of tetrazole rings is 1. The number of hydrogen-bond acceptors (Lipinski definition) is 5. The van der Waals surface area contributed by atoms with Crippen molar-refractivity contribution in [2.75, 3.05) is 12.3 Å². The molecular formula is C23H31N5S. The molecule has 5 nitrogen and oxygen atoms in total. The maximum absolute atomic E-state index is 4.60. The van der Waals surface area contributed by atoms with Gasteiger partial charge in [-0.05, 0) is 72.2 Å². The van der Waals surface area contributed by atoms with Gasteiger partial charge in [-0.1, -0.05) is 44.5 Å². The second-order valence-electron chi connectivity index (χ2n) is 9.05. The highest BCUT2D eigenvalue weighted by molar-refractivity contribution is 8.00. The fourth-order valence-electron chi connectivity index (χ4n) is 5.43. The van der Waals surface area contributed by atoms with Gasteiger partial charge in [0.1, 0.15) is 0 Å². The molecule has 2 aromatic rings. The Morgan fingerprint density at radius 3 is 2.93 bits per heavy atom. The molecule has 1 saturated heterocycles. The second-order valence-corrected chi connectivity index (χ2v) is 10.3. The van der Waals surface area contributed by atoms with Crippen LogP contribution in [0.3, 0.4) is 0 Å². The monoisotopic (exact) mass is 409 g/mol. The Balaban J connectivity index is 1.62. The predicted octanol–water partition coefficient (Wildman–Crippen LogP) is 5.03. The van der Waals surface area contributed by atoms with Gasteiger partial charge in [-0.2, -0.15) is 16.4 Å². The summed E-state index contributed by atoms with van der Waals surface area (Å²) in [6, 6.07) is 7.30. The number of piperidine rings is 1. The summed E-state index contributed by atoms with van der Waals surface area (Å²) in [5, 5.41) is 14.0. The summed E-state index contributed by atoms with van der Waals surface area (Å²) in [6.45, 7) is 8.02. The number of para-hydroxylation sites is 1. The number of benzene rings is 1. The van der Waals surface area contributed by atoms with E-state index in [1.807, 2.05) is 4.68 Å². The number of rotatable bonds is 2. The zero-order valence-electron chi connectivity index (χ0n) is 17.7. The van der Waals surface area contributed by atoms with Gasteiger partial charge >= 0.3 is 0 Å². The number of aryl methyl sites for hydroxylation is 1. The van der Waals surface area contributed by atoms with E-state index in [-0.39, 0.29) is 6.04 Å². The maximum atomic E-state index is 4.60. The molecule has 3 aliphatic rings. The van der Waals surface area contributed by atoms with Crippen LogP contribution in [0.2, 0.25) is 0 Å². The number of hydrogen-bond donors (Lipinski definition) is 0. The molecule has 5 rings (SSSR count). The van der Waals surface area contributed by atoms with Gasteiger partial charge in [0.05, 0.1) is 11.7 Å². The van der Waals surface area contributed by atoms with E-state index < -0.39 is 0 Å². The largest absolute Gasteiger partial charge is 0.283 e. The van der Waals surface area contributed by atoms with Crippen molar-refractivity contribution in [2.24, 2.45) is 5.92 Å². The topological polar surface area (TPSA) is 46.8 Å². The molecular weight excluding hydrogens is 378 g/mol. The van der Waals surface area contributed by atoms with Crippen LogP contribution in [0.4, 0.5) is 0 Å². The fraction of sp³-hybridized carbons (Fsp3) is 0.609. The smallest absolute Gasteiger partial charge is 0.178 e. The van der Waals surface area contributed by atoms with Gasteiger partial charge < -0.3 is 0 Å². The fourth-order valence-corrected chi connectivity index (χ4v) is 6.66. The third-order valence-electron chi connectivity index (χ3n) is 6.92. The second kappa shape index (κ2) is 7.88. The quantitative estimate of drug-likeness (QED) is 0.651. The average Bonchev–Trinajstić information content (AvgIpc) is 2.99. The van der Waals surface area contributed by atoms with Crippen molar-refractivity contribution in [3.63, 3.8) is 0 Å². The van der Waals surface area contributed by atoms with Crippen LogP contribution >= 0.6 is 11.8 Å². The van der Waals surface area contributed by atoms with E-state index in [0.29, 0.717) is 6.04 Å². The summed E-state index contributed by atoms with van der Waals surface area (Å²) >= 11 is 2.11. The Kier molecular flexibility index (Phi) is 5.25. The Morgan fingerprint density at radius 2 is 2.07 bits per heavy atom. The van der Waals surface area contributed by atoms with E-state index in [9.17, 15) is 0 Å². The molecule has 1 fully saturated rings. The Labute approximate surface area is 177 Å². The molecule has 4 heterocycles. The summed E-state index contributed by atoms with van der Waals surface area (Å²) in [5.74, 6) is 2.83. The Bertz CT molecular complexity index is 918. The van der Waals surface area contributed by atoms with Gasteiger partial charge in [-0.25, -0.2) is 0 Å². The molecule has 0 radical (unpaired) electrons. The van der Waals surface area contributed by atoms with E-state index in [0.717, 1.165) is 35.7 Å². The molecule has 0 aliphatic carbocycles. The van der Waals surface area contributed by atoms with Crippen LogP contribution in [0.5, 0.6) is 0 Å². The SMILES string of the molecule is Cc1cccc2c1-n1nnnc1C(C1=CCS[C@@H](C(C)C)CC1)N1CCCCC21. The normalized spacial score (nSPS) is 27.4. The van der Waals surface area contributed by atoms with E-state index in [1.165, 1.54) is 48.1 Å². The zero-order valence-corrected chi connectivity index (χ0v) is 18.5. The molecule has 0 N–H and O–H groups in total. The molecule has 2 unspecified atom stereocenters. The van der Waals surface area contributed by atoms with Crippen LogP contribution in [0.1, 0.15) is 75.0 Å². The van der Waals surface area contributed by atoms with Gasteiger partial charge in [0, 0.05) is 17.0 Å².